The van der Waals surface area contributed by atoms with Crippen molar-refractivity contribution in [2.45, 2.75) is 46.0 Å². The summed E-state index contributed by atoms with van der Waals surface area (Å²) in [6.45, 7) is 12.9. The van der Waals surface area contributed by atoms with Gasteiger partial charge in [-0.25, -0.2) is 4.79 Å². The van der Waals surface area contributed by atoms with E-state index in [0.29, 0.717) is 26.3 Å². The average molecular weight is 361 g/mol. The highest BCUT2D eigenvalue weighted by Gasteiger charge is 2.22. The van der Waals surface area contributed by atoms with Crippen molar-refractivity contribution in [3.8, 4) is 0 Å². The fourth-order valence-electron chi connectivity index (χ4n) is 2.11. The summed E-state index contributed by atoms with van der Waals surface area (Å²) in [5.41, 5.74) is 0.586. The van der Waals surface area contributed by atoms with Crippen molar-refractivity contribution in [1.29, 1.82) is 0 Å². The molecular formula is C21H31NO4. The average Bonchev–Trinajstić information content (AvgIpc) is 2.57. The van der Waals surface area contributed by atoms with Crippen molar-refractivity contribution in [2.75, 3.05) is 19.7 Å². The summed E-state index contributed by atoms with van der Waals surface area (Å²) in [5, 5.41) is 0. The van der Waals surface area contributed by atoms with Gasteiger partial charge in [-0.2, -0.15) is 0 Å². The zero-order chi connectivity index (χ0) is 19.4. The second-order valence-corrected chi connectivity index (χ2v) is 6.99. The number of rotatable bonds is 10. The molecule has 1 atom stereocenters. The van der Waals surface area contributed by atoms with Crippen molar-refractivity contribution in [1.82, 2.24) is 4.90 Å². The normalized spacial score (nSPS) is 12.6. The third-order valence-electron chi connectivity index (χ3n) is 3.24. The van der Waals surface area contributed by atoms with Crippen LogP contribution in [-0.4, -0.2) is 42.4 Å². The van der Waals surface area contributed by atoms with Crippen LogP contribution in [0.3, 0.4) is 0 Å². The van der Waals surface area contributed by atoms with E-state index in [1.807, 2.05) is 64.1 Å². The first-order chi connectivity index (χ1) is 12.3. The van der Waals surface area contributed by atoms with Gasteiger partial charge in [-0.1, -0.05) is 36.4 Å². The number of carbonyl (C=O) groups excluding carboxylic acids is 1. The van der Waals surface area contributed by atoms with Crippen molar-refractivity contribution < 1.29 is 19.0 Å². The largest absolute Gasteiger partial charge is 0.497 e. The fraction of sp³-hybridized carbons (Fsp3) is 0.476. The molecule has 26 heavy (non-hydrogen) atoms. The molecule has 0 aliphatic rings. The maximum Gasteiger partial charge on any atom is 0.410 e. The first-order valence-corrected chi connectivity index (χ1v) is 8.83. The Morgan fingerprint density at radius 1 is 1.27 bits per heavy atom. The number of ether oxygens (including phenoxy) is 3. The molecule has 0 radical (unpaired) electrons. The van der Waals surface area contributed by atoms with Gasteiger partial charge in [-0.05, 0) is 39.3 Å². The van der Waals surface area contributed by atoms with Crippen molar-refractivity contribution in [2.24, 2.45) is 0 Å². The molecule has 1 aromatic carbocycles. The zero-order valence-corrected chi connectivity index (χ0v) is 16.3. The van der Waals surface area contributed by atoms with E-state index in [1.54, 1.807) is 17.2 Å². The molecule has 5 nitrogen and oxygen atoms in total. The van der Waals surface area contributed by atoms with E-state index in [0.717, 1.165) is 5.56 Å². The zero-order valence-electron chi connectivity index (χ0n) is 16.3. The Morgan fingerprint density at radius 2 is 1.96 bits per heavy atom. The molecule has 0 aromatic heterocycles. The molecule has 0 heterocycles. The molecule has 0 aliphatic heterocycles. The summed E-state index contributed by atoms with van der Waals surface area (Å²) in [6, 6.07) is 9.95. The molecular weight excluding hydrogens is 330 g/mol. The van der Waals surface area contributed by atoms with E-state index in [-0.39, 0.29) is 12.2 Å². The number of hydrogen-bond acceptors (Lipinski definition) is 4. The lowest BCUT2D eigenvalue weighted by Crippen LogP contribution is -2.41. The molecule has 0 fully saturated rings. The van der Waals surface area contributed by atoms with Gasteiger partial charge < -0.3 is 19.1 Å². The molecule has 0 N–H and O–H groups in total. The van der Waals surface area contributed by atoms with Crippen LogP contribution in [0.25, 0.3) is 0 Å². The summed E-state index contributed by atoms with van der Waals surface area (Å²) < 4.78 is 16.6. The van der Waals surface area contributed by atoms with Gasteiger partial charge in [0, 0.05) is 6.54 Å². The molecule has 1 aromatic rings. The van der Waals surface area contributed by atoms with E-state index >= 15 is 0 Å². The van der Waals surface area contributed by atoms with Gasteiger partial charge in [-0.15, -0.1) is 6.58 Å². The lowest BCUT2D eigenvalue weighted by atomic mass is 10.2. The van der Waals surface area contributed by atoms with Gasteiger partial charge in [-0.3, -0.25) is 0 Å². The van der Waals surface area contributed by atoms with E-state index < -0.39 is 5.60 Å². The van der Waals surface area contributed by atoms with E-state index in [4.69, 9.17) is 14.2 Å². The highest BCUT2D eigenvalue weighted by molar-refractivity contribution is 5.68. The molecule has 0 aliphatic carbocycles. The van der Waals surface area contributed by atoms with E-state index in [1.165, 1.54) is 0 Å². The topological polar surface area (TPSA) is 48.0 Å². The van der Waals surface area contributed by atoms with E-state index in [2.05, 4.69) is 6.58 Å². The maximum atomic E-state index is 12.2. The van der Waals surface area contributed by atoms with Crippen LogP contribution in [0.4, 0.5) is 4.79 Å². The molecule has 0 unspecified atom stereocenters. The third kappa shape index (κ3) is 9.89. The Bertz CT molecular complexity index is 563. The highest BCUT2D eigenvalue weighted by atomic mass is 16.6. The van der Waals surface area contributed by atoms with E-state index in [9.17, 15) is 4.79 Å². The fourth-order valence-corrected chi connectivity index (χ4v) is 2.11. The summed E-state index contributed by atoms with van der Waals surface area (Å²) in [6.07, 6.45) is 4.62. The SMILES string of the molecule is C=CCN(C[C@H](C)OC/C=C/OCc1ccccc1)C(=O)OC(C)(C)C. The minimum atomic E-state index is -0.528. The Labute approximate surface area is 157 Å². The van der Waals surface area contributed by atoms with Crippen molar-refractivity contribution in [3.05, 3.63) is 60.9 Å². The predicted octanol–water partition coefficient (Wildman–Crippen LogP) is 4.55. The van der Waals surface area contributed by atoms with Crippen LogP contribution < -0.4 is 0 Å². The summed E-state index contributed by atoms with van der Waals surface area (Å²) in [7, 11) is 0. The van der Waals surface area contributed by atoms with Gasteiger partial charge in [0.1, 0.15) is 12.2 Å². The maximum absolute atomic E-state index is 12.2. The lowest BCUT2D eigenvalue weighted by Gasteiger charge is -2.28. The summed E-state index contributed by atoms with van der Waals surface area (Å²) in [5.74, 6) is 0. The second-order valence-electron chi connectivity index (χ2n) is 6.99. The predicted molar refractivity (Wildman–Crippen MR) is 104 cm³/mol. The minimum Gasteiger partial charge on any atom is -0.497 e. The van der Waals surface area contributed by atoms with Crippen LogP contribution >= 0.6 is 0 Å². The standard InChI is InChI=1S/C21H31NO4/c1-6-13-22(20(23)26-21(3,4)5)16-18(2)25-15-10-14-24-17-19-11-8-7-9-12-19/h6-12,14,18H,1,13,15-17H2,2-5H3/b14-10+/t18-/m0/s1. The number of carbonyl (C=O) groups is 1. The molecule has 5 heteroatoms. The Balaban J connectivity index is 2.31. The summed E-state index contributed by atoms with van der Waals surface area (Å²) in [4.78, 5) is 13.8. The third-order valence-corrected chi connectivity index (χ3v) is 3.24. The van der Waals surface area contributed by atoms with Gasteiger partial charge in [0.2, 0.25) is 0 Å². The first kappa shape index (κ1) is 21.8. The Kier molecular flexibility index (Phi) is 9.52. The van der Waals surface area contributed by atoms with Crippen LogP contribution in [0.5, 0.6) is 0 Å². The second kappa shape index (κ2) is 11.4. The van der Waals surface area contributed by atoms with Crippen molar-refractivity contribution >= 4 is 6.09 Å². The monoisotopic (exact) mass is 361 g/mol. The van der Waals surface area contributed by atoms with Gasteiger partial charge in [0.15, 0.2) is 0 Å². The Hall–Kier alpha value is -2.27. The molecule has 144 valence electrons. The van der Waals surface area contributed by atoms with Crippen molar-refractivity contribution in [3.63, 3.8) is 0 Å². The molecule has 0 spiro atoms. The first-order valence-electron chi connectivity index (χ1n) is 8.83. The quantitative estimate of drug-likeness (QED) is 0.453. The summed E-state index contributed by atoms with van der Waals surface area (Å²) >= 11 is 0. The van der Waals surface area contributed by atoms with Crippen LogP contribution in [0.2, 0.25) is 0 Å². The van der Waals surface area contributed by atoms with Crippen LogP contribution in [0.15, 0.2) is 55.3 Å². The number of benzene rings is 1. The smallest absolute Gasteiger partial charge is 0.410 e. The minimum absolute atomic E-state index is 0.138. The molecule has 0 bridgehead atoms. The molecule has 1 amide bonds. The lowest BCUT2D eigenvalue weighted by molar-refractivity contribution is 0.00923. The van der Waals surface area contributed by atoms with Gasteiger partial charge >= 0.3 is 6.09 Å². The Morgan fingerprint density at radius 3 is 2.58 bits per heavy atom. The number of nitrogens with zero attached hydrogens (tertiary/aromatic N) is 1. The van der Waals surface area contributed by atoms with Crippen LogP contribution in [0.1, 0.15) is 33.3 Å². The van der Waals surface area contributed by atoms with Crippen LogP contribution in [0, 0.1) is 0 Å². The number of amides is 1. The molecule has 0 saturated heterocycles. The van der Waals surface area contributed by atoms with Gasteiger partial charge in [0.25, 0.3) is 0 Å². The molecule has 1 rings (SSSR count). The number of hydrogen-bond donors (Lipinski definition) is 0. The highest BCUT2D eigenvalue weighted by Crippen LogP contribution is 2.11. The molecule has 0 saturated carbocycles. The van der Waals surface area contributed by atoms with Crippen LogP contribution in [-0.2, 0) is 20.8 Å². The van der Waals surface area contributed by atoms with Gasteiger partial charge in [0.05, 0.1) is 25.5 Å².